The fourth-order valence-electron chi connectivity index (χ4n) is 2.26. The van der Waals surface area contributed by atoms with Crippen LogP contribution in [0.5, 0.6) is 0 Å². The number of amides is 1. The molecule has 1 atom stereocenters. The summed E-state index contributed by atoms with van der Waals surface area (Å²) in [7, 11) is 3.90. The minimum Gasteiger partial charge on any atom is -0.396 e. The van der Waals surface area contributed by atoms with Gasteiger partial charge in [0.05, 0.1) is 11.9 Å². The third kappa shape index (κ3) is 2.41. The van der Waals surface area contributed by atoms with E-state index in [-0.39, 0.29) is 11.9 Å². The second-order valence-electron chi connectivity index (χ2n) is 4.67. The van der Waals surface area contributed by atoms with E-state index in [1.165, 1.54) is 6.20 Å². The number of nitrogens with zero attached hydrogens (tertiary/aromatic N) is 3. The SMILES string of the molecule is CN1CCCC(N(C)C(=O)c2[nH]ncc2N)C1. The van der Waals surface area contributed by atoms with Gasteiger partial charge in [0, 0.05) is 19.6 Å². The molecule has 2 heterocycles. The number of aromatic amines is 1. The van der Waals surface area contributed by atoms with Gasteiger partial charge in [-0.25, -0.2) is 0 Å². The Morgan fingerprint density at radius 2 is 2.47 bits per heavy atom. The quantitative estimate of drug-likeness (QED) is 0.768. The third-order valence-electron chi connectivity index (χ3n) is 3.35. The zero-order valence-corrected chi connectivity index (χ0v) is 10.3. The van der Waals surface area contributed by atoms with E-state index in [2.05, 4.69) is 22.1 Å². The van der Waals surface area contributed by atoms with Gasteiger partial charge < -0.3 is 15.5 Å². The fraction of sp³-hybridized carbons (Fsp3) is 0.636. The average molecular weight is 237 g/mol. The number of nitrogens with two attached hydrogens (primary N) is 1. The lowest BCUT2D eigenvalue weighted by molar-refractivity contribution is 0.0639. The maximum Gasteiger partial charge on any atom is 0.274 e. The molecule has 3 N–H and O–H groups in total. The highest BCUT2D eigenvalue weighted by atomic mass is 16.2. The molecule has 1 unspecified atom stereocenters. The number of H-pyrrole nitrogens is 1. The molecular formula is C11H19N5O. The van der Waals surface area contributed by atoms with E-state index in [9.17, 15) is 4.79 Å². The van der Waals surface area contributed by atoms with Gasteiger partial charge in [-0.3, -0.25) is 9.89 Å². The van der Waals surface area contributed by atoms with Crippen molar-refractivity contribution in [2.45, 2.75) is 18.9 Å². The van der Waals surface area contributed by atoms with Crippen LogP contribution in [0.4, 0.5) is 5.69 Å². The molecule has 1 aromatic rings. The Labute approximate surface area is 101 Å². The summed E-state index contributed by atoms with van der Waals surface area (Å²) < 4.78 is 0. The molecule has 94 valence electrons. The van der Waals surface area contributed by atoms with Crippen LogP contribution in [-0.2, 0) is 0 Å². The number of likely N-dealkylation sites (N-methyl/N-ethyl adjacent to an activating group) is 2. The molecular weight excluding hydrogens is 218 g/mol. The van der Waals surface area contributed by atoms with Gasteiger partial charge in [-0.05, 0) is 26.4 Å². The summed E-state index contributed by atoms with van der Waals surface area (Å²) in [5.41, 5.74) is 6.48. The number of carbonyl (C=O) groups excluding carboxylic acids is 1. The van der Waals surface area contributed by atoms with Gasteiger partial charge in [-0.15, -0.1) is 0 Å². The monoisotopic (exact) mass is 237 g/mol. The van der Waals surface area contributed by atoms with Crippen LogP contribution < -0.4 is 5.73 Å². The summed E-state index contributed by atoms with van der Waals surface area (Å²) in [6.07, 6.45) is 3.63. The van der Waals surface area contributed by atoms with Gasteiger partial charge in [-0.1, -0.05) is 0 Å². The highest BCUT2D eigenvalue weighted by molar-refractivity contribution is 5.97. The van der Waals surface area contributed by atoms with Gasteiger partial charge >= 0.3 is 0 Å². The molecule has 6 heteroatoms. The van der Waals surface area contributed by atoms with E-state index < -0.39 is 0 Å². The molecule has 1 amide bonds. The first-order valence-corrected chi connectivity index (χ1v) is 5.84. The summed E-state index contributed by atoms with van der Waals surface area (Å²) in [5, 5.41) is 6.43. The Balaban J connectivity index is 2.07. The van der Waals surface area contributed by atoms with Gasteiger partial charge in [0.25, 0.3) is 5.91 Å². The second-order valence-corrected chi connectivity index (χ2v) is 4.67. The number of likely N-dealkylation sites (tertiary alicyclic amines) is 1. The van der Waals surface area contributed by atoms with E-state index in [1.807, 2.05) is 7.05 Å². The first-order valence-electron chi connectivity index (χ1n) is 5.84. The molecule has 6 nitrogen and oxygen atoms in total. The lowest BCUT2D eigenvalue weighted by Gasteiger charge is -2.35. The zero-order valence-electron chi connectivity index (χ0n) is 10.3. The highest BCUT2D eigenvalue weighted by Gasteiger charge is 2.26. The Kier molecular flexibility index (Phi) is 3.33. The standard InChI is InChI=1S/C11H19N5O/c1-15-5-3-4-8(7-15)16(2)11(17)10-9(12)6-13-14-10/h6,8H,3-5,7,12H2,1-2H3,(H,13,14). The maximum atomic E-state index is 12.2. The van der Waals surface area contributed by atoms with Crippen molar-refractivity contribution in [3.8, 4) is 0 Å². The van der Waals surface area contributed by atoms with Crippen molar-refractivity contribution in [3.05, 3.63) is 11.9 Å². The first-order chi connectivity index (χ1) is 8.09. The summed E-state index contributed by atoms with van der Waals surface area (Å²) in [5.74, 6) is -0.0831. The molecule has 0 saturated carbocycles. The summed E-state index contributed by atoms with van der Waals surface area (Å²) in [4.78, 5) is 16.2. The molecule has 17 heavy (non-hydrogen) atoms. The van der Waals surface area contributed by atoms with E-state index >= 15 is 0 Å². The van der Waals surface area contributed by atoms with Crippen LogP contribution in [0.25, 0.3) is 0 Å². The van der Waals surface area contributed by atoms with E-state index in [4.69, 9.17) is 5.73 Å². The minimum atomic E-state index is -0.0831. The first kappa shape index (κ1) is 11.9. The molecule has 0 bridgehead atoms. The van der Waals surface area contributed by atoms with Gasteiger partial charge in [0.15, 0.2) is 0 Å². The normalized spacial score (nSPS) is 21.4. The van der Waals surface area contributed by atoms with Crippen LogP contribution in [-0.4, -0.2) is 59.1 Å². The van der Waals surface area contributed by atoms with Crippen LogP contribution in [0.2, 0.25) is 0 Å². The van der Waals surface area contributed by atoms with Crippen molar-refractivity contribution < 1.29 is 4.79 Å². The predicted molar refractivity (Wildman–Crippen MR) is 65.6 cm³/mol. The molecule has 1 fully saturated rings. The van der Waals surface area contributed by atoms with Crippen LogP contribution >= 0.6 is 0 Å². The van der Waals surface area contributed by atoms with Crippen molar-refractivity contribution in [2.24, 2.45) is 0 Å². The Morgan fingerprint density at radius 1 is 1.71 bits per heavy atom. The number of anilines is 1. The summed E-state index contributed by atoms with van der Waals surface area (Å²) in [6, 6.07) is 0.254. The number of aromatic nitrogens is 2. The molecule has 1 aliphatic heterocycles. The molecule has 1 saturated heterocycles. The molecule has 1 aliphatic rings. The van der Waals surface area contributed by atoms with Crippen molar-refractivity contribution in [1.29, 1.82) is 0 Å². The predicted octanol–water partition coefficient (Wildman–Crippen LogP) is 0.158. The topological polar surface area (TPSA) is 78.2 Å². The van der Waals surface area contributed by atoms with Crippen LogP contribution in [0, 0.1) is 0 Å². The fourth-order valence-corrected chi connectivity index (χ4v) is 2.26. The molecule has 0 spiro atoms. The van der Waals surface area contributed by atoms with Crippen molar-refractivity contribution in [3.63, 3.8) is 0 Å². The van der Waals surface area contributed by atoms with Crippen LogP contribution in [0.1, 0.15) is 23.3 Å². The van der Waals surface area contributed by atoms with E-state index in [0.717, 1.165) is 25.9 Å². The highest BCUT2D eigenvalue weighted by Crippen LogP contribution is 2.17. The molecule has 2 rings (SSSR count). The number of carbonyl (C=O) groups is 1. The van der Waals surface area contributed by atoms with Crippen molar-refractivity contribution >= 4 is 11.6 Å². The number of nitrogens with one attached hydrogen (secondary N) is 1. The molecule has 0 aromatic carbocycles. The lowest BCUT2D eigenvalue weighted by Crippen LogP contribution is -2.47. The van der Waals surface area contributed by atoms with E-state index in [1.54, 1.807) is 4.90 Å². The number of hydrogen-bond donors (Lipinski definition) is 2. The Bertz CT molecular complexity index is 402. The van der Waals surface area contributed by atoms with Gasteiger partial charge in [0.1, 0.15) is 5.69 Å². The minimum absolute atomic E-state index is 0.0831. The number of piperidine rings is 1. The number of hydrogen-bond acceptors (Lipinski definition) is 4. The van der Waals surface area contributed by atoms with Crippen LogP contribution in [0.3, 0.4) is 0 Å². The third-order valence-corrected chi connectivity index (χ3v) is 3.35. The Morgan fingerprint density at radius 3 is 3.06 bits per heavy atom. The lowest BCUT2D eigenvalue weighted by atomic mass is 10.0. The maximum absolute atomic E-state index is 12.2. The van der Waals surface area contributed by atoms with E-state index in [0.29, 0.717) is 11.4 Å². The average Bonchev–Trinajstić information content (AvgIpc) is 2.73. The number of nitrogen functional groups attached to an aromatic ring is 1. The summed E-state index contributed by atoms with van der Waals surface area (Å²) >= 11 is 0. The van der Waals surface area contributed by atoms with Crippen molar-refractivity contribution in [1.82, 2.24) is 20.0 Å². The molecule has 0 aliphatic carbocycles. The number of rotatable bonds is 2. The van der Waals surface area contributed by atoms with Crippen LogP contribution in [0.15, 0.2) is 6.20 Å². The van der Waals surface area contributed by atoms with Gasteiger partial charge in [-0.2, -0.15) is 5.10 Å². The molecule has 1 aromatic heterocycles. The smallest absolute Gasteiger partial charge is 0.274 e. The zero-order chi connectivity index (χ0) is 12.4. The summed E-state index contributed by atoms with van der Waals surface area (Å²) in [6.45, 7) is 2.01. The largest absolute Gasteiger partial charge is 0.396 e. The van der Waals surface area contributed by atoms with Crippen molar-refractivity contribution in [2.75, 3.05) is 32.9 Å². The van der Waals surface area contributed by atoms with Gasteiger partial charge in [0.2, 0.25) is 0 Å². The second kappa shape index (κ2) is 4.75. The molecule has 0 radical (unpaired) electrons. The Hall–Kier alpha value is -1.56.